The van der Waals surface area contributed by atoms with Crippen molar-refractivity contribution in [1.82, 2.24) is 10.1 Å². The molecule has 0 radical (unpaired) electrons. The smallest absolute Gasteiger partial charge is 0.337 e. The standard InChI is InChI=1S/C13H20F3N3O/c1-11(2)6-4-8(5-7-11)9-18-10(20-19-9)12(3,17)13(14,15)16/h8H,4-7,17H2,1-3H3. The molecule has 1 aliphatic rings. The lowest BCUT2D eigenvalue weighted by Gasteiger charge is -2.32. The Morgan fingerprint density at radius 1 is 1.25 bits per heavy atom. The van der Waals surface area contributed by atoms with Crippen LogP contribution in [0.5, 0.6) is 0 Å². The number of nitrogens with two attached hydrogens (primary N) is 1. The van der Waals surface area contributed by atoms with Gasteiger partial charge in [-0.05, 0) is 38.0 Å². The molecule has 1 aliphatic carbocycles. The Morgan fingerprint density at radius 2 is 1.80 bits per heavy atom. The molecule has 1 aromatic heterocycles. The zero-order valence-corrected chi connectivity index (χ0v) is 11.9. The van der Waals surface area contributed by atoms with Gasteiger partial charge in [0.25, 0.3) is 5.89 Å². The Morgan fingerprint density at radius 3 is 2.30 bits per heavy atom. The van der Waals surface area contributed by atoms with Gasteiger partial charge in [-0.2, -0.15) is 18.2 Å². The van der Waals surface area contributed by atoms with Crippen LogP contribution in [0, 0.1) is 5.41 Å². The van der Waals surface area contributed by atoms with Crippen molar-refractivity contribution in [2.75, 3.05) is 0 Å². The zero-order valence-electron chi connectivity index (χ0n) is 11.9. The highest BCUT2D eigenvalue weighted by molar-refractivity contribution is 5.07. The van der Waals surface area contributed by atoms with Crippen LogP contribution in [-0.2, 0) is 5.54 Å². The van der Waals surface area contributed by atoms with Crippen LogP contribution in [0.15, 0.2) is 4.52 Å². The highest BCUT2D eigenvalue weighted by atomic mass is 19.4. The molecule has 20 heavy (non-hydrogen) atoms. The van der Waals surface area contributed by atoms with Crippen molar-refractivity contribution >= 4 is 0 Å². The van der Waals surface area contributed by atoms with Gasteiger partial charge in [-0.3, -0.25) is 0 Å². The lowest BCUT2D eigenvalue weighted by Crippen LogP contribution is -2.48. The van der Waals surface area contributed by atoms with Crippen molar-refractivity contribution in [3.63, 3.8) is 0 Å². The molecule has 2 N–H and O–H groups in total. The molecule has 0 aliphatic heterocycles. The highest BCUT2D eigenvalue weighted by Crippen LogP contribution is 2.42. The van der Waals surface area contributed by atoms with Gasteiger partial charge >= 0.3 is 6.18 Å². The first kappa shape index (κ1) is 15.3. The van der Waals surface area contributed by atoms with Crippen molar-refractivity contribution in [3.05, 3.63) is 11.7 Å². The van der Waals surface area contributed by atoms with Gasteiger partial charge in [0, 0.05) is 5.92 Å². The molecule has 0 bridgehead atoms. The number of nitrogens with zero attached hydrogens (tertiary/aromatic N) is 2. The molecule has 1 saturated carbocycles. The number of aromatic nitrogens is 2. The van der Waals surface area contributed by atoms with Crippen molar-refractivity contribution in [3.8, 4) is 0 Å². The molecule has 1 atom stereocenters. The number of rotatable bonds is 2. The molecule has 1 fully saturated rings. The van der Waals surface area contributed by atoms with Gasteiger partial charge in [-0.15, -0.1) is 0 Å². The summed E-state index contributed by atoms with van der Waals surface area (Å²) in [5.41, 5.74) is 2.95. The fourth-order valence-corrected chi connectivity index (χ4v) is 2.39. The van der Waals surface area contributed by atoms with Crippen LogP contribution in [0.2, 0.25) is 0 Å². The monoisotopic (exact) mass is 291 g/mol. The normalized spacial score (nSPS) is 23.6. The van der Waals surface area contributed by atoms with Crippen molar-refractivity contribution < 1.29 is 17.7 Å². The molecule has 2 rings (SSSR count). The van der Waals surface area contributed by atoms with Crippen LogP contribution < -0.4 is 5.73 Å². The minimum atomic E-state index is -4.62. The lowest BCUT2D eigenvalue weighted by molar-refractivity contribution is -0.190. The van der Waals surface area contributed by atoms with E-state index in [1.165, 1.54) is 0 Å². The summed E-state index contributed by atoms with van der Waals surface area (Å²) in [6.45, 7) is 5.21. The van der Waals surface area contributed by atoms with Crippen LogP contribution in [0.4, 0.5) is 13.2 Å². The first-order chi connectivity index (χ1) is 9.03. The summed E-state index contributed by atoms with van der Waals surface area (Å²) in [5, 5.41) is 3.70. The predicted molar refractivity (Wildman–Crippen MR) is 66.9 cm³/mol. The third-order valence-electron chi connectivity index (χ3n) is 4.18. The molecule has 0 amide bonds. The molecular formula is C13H20F3N3O. The third-order valence-corrected chi connectivity index (χ3v) is 4.18. The van der Waals surface area contributed by atoms with E-state index in [9.17, 15) is 13.2 Å². The van der Waals surface area contributed by atoms with E-state index < -0.39 is 17.6 Å². The zero-order chi connectivity index (χ0) is 15.2. The fraction of sp³-hybridized carbons (Fsp3) is 0.846. The minimum absolute atomic E-state index is 0.0598. The fourth-order valence-electron chi connectivity index (χ4n) is 2.39. The molecule has 4 nitrogen and oxygen atoms in total. The average Bonchev–Trinajstić information content (AvgIpc) is 2.77. The van der Waals surface area contributed by atoms with Crippen LogP contribution in [0.25, 0.3) is 0 Å². The topological polar surface area (TPSA) is 64.9 Å². The summed E-state index contributed by atoms with van der Waals surface area (Å²) in [6, 6.07) is 0. The van der Waals surface area contributed by atoms with Crippen molar-refractivity contribution in [2.45, 2.75) is 64.1 Å². The summed E-state index contributed by atoms with van der Waals surface area (Å²) < 4.78 is 43.2. The highest BCUT2D eigenvalue weighted by Gasteiger charge is 2.53. The van der Waals surface area contributed by atoms with Gasteiger partial charge in [-0.1, -0.05) is 19.0 Å². The van der Waals surface area contributed by atoms with Gasteiger partial charge in [0.1, 0.15) is 0 Å². The molecule has 114 valence electrons. The quantitative estimate of drug-likeness (QED) is 0.905. The Hall–Kier alpha value is -1.11. The second-order valence-electron chi connectivity index (χ2n) is 6.60. The summed E-state index contributed by atoms with van der Waals surface area (Å²) >= 11 is 0. The van der Waals surface area contributed by atoms with Crippen LogP contribution >= 0.6 is 0 Å². The lowest BCUT2D eigenvalue weighted by atomic mass is 9.73. The van der Waals surface area contributed by atoms with E-state index in [1.54, 1.807) is 0 Å². The summed E-state index contributed by atoms with van der Waals surface area (Å²) in [5.74, 6) is -0.161. The van der Waals surface area contributed by atoms with E-state index >= 15 is 0 Å². The van der Waals surface area contributed by atoms with Gasteiger partial charge in [0.15, 0.2) is 11.4 Å². The van der Waals surface area contributed by atoms with E-state index in [1.807, 2.05) is 0 Å². The molecule has 0 aromatic carbocycles. The van der Waals surface area contributed by atoms with Gasteiger partial charge in [0.05, 0.1) is 0 Å². The van der Waals surface area contributed by atoms with E-state index in [0.29, 0.717) is 5.82 Å². The Bertz CT molecular complexity index is 469. The molecule has 1 heterocycles. The van der Waals surface area contributed by atoms with Crippen LogP contribution in [0.3, 0.4) is 0 Å². The second kappa shape index (κ2) is 4.72. The first-order valence-electron chi connectivity index (χ1n) is 6.73. The van der Waals surface area contributed by atoms with Crippen LogP contribution in [0.1, 0.15) is 64.1 Å². The minimum Gasteiger partial charge on any atom is -0.337 e. The molecule has 1 unspecified atom stereocenters. The maximum atomic E-state index is 12.8. The average molecular weight is 291 g/mol. The second-order valence-corrected chi connectivity index (χ2v) is 6.60. The Kier molecular flexibility index (Phi) is 3.60. The maximum Gasteiger partial charge on any atom is 0.415 e. The number of hydrogen-bond acceptors (Lipinski definition) is 4. The number of hydrogen-bond donors (Lipinski definition) is 1. The number of halogens is 3. The van der Waals surface area contributed by atoms with E-state index in [-0.39, 0.29) is 11.3 Å². The molecular weight excluding hydrogens is 271 g/mol. The molecule has 7 heteroatoms. The Balaban J connectivity index is 2.14. The first-order valence-corrected chi connectivity index (χ1v) is 6.73. The van der Waals surface area contributed by atoms with Gasteiger partial charge < -0.3 is 10.3 Å². The van der Waals surface area contributed by atoms with Crippen LogP contribution in [-0.4, -0.2) is 16.3 Å². The molecule has 0 saturated heterocycles. The predicted octanol–water partition coefficient (Wildman–Crippen LogP) is 3.49. The summed E-state index contributed by atoms with van der Waals surface area (Å²) in [4.78, 5) is 3.90. The van der Waals surface area contributed by atoms with E-state index in [4.69, 9.17) is 10.3 Å². The summed E-state index contributed by atoms with van der Waals surface area (Å²) in [7, 11) is 0. The SMILES string of the molecule is CC1(C)CCC(c2noc(C(C)(N)C(F)(F)F)n2)CC1. The van der Waals surface area contributed by atoms with E-state index in [0.717, 1.165) is 32.6 Å². The summed E-state index contributed by atoms with van der Waals surface area (Å²) in [6.07, 6.45) is -0.897. The third kappa shape index (κ3) is 2.82. The van der Waals surface area contributed by atoms with E-state index in [2.05, 4.69) is 24.0 Å². The maximum absolute atomic E-state index is 12.8. The Labute approximate surface area is 115 Å². The van der Waals surface area contributed by atoms with Crippen molar-refractivity contribution in [2.24, 2.45) is 11.1 Å². The molecule has 0 spiro atoms. The number of alkyl halides is 3. The molecule has 1 aromatic rings. The van der Waals surface area contributed by atoms with Crippen molar-refractivity contribution in [1.29, 1.82) is 0 Å². The van der Waals surface area contributed by atoms with Gasteiger partial charge in [-0.25, -0.2) is 0 Å². The van der Waals surface area contributed by atoms with Gasteiger partial charge in [0.2, 0.25) is 0 Å². The largest absolute Gasteiger partial charge is 0.415 e.